The van der Waals surface area contributed by atoms with Gasteiger partial charge in [-0.15, -0.1) is 10.2 Å². The van der Waals surface area contributed by atoms with Gasteiger partial charge in [0.25, 0.3) is 0 Å². The third kappa shape index (κ3) is 1.90. The van der Waals surface area contributed by atoms with Crippen molar-refractivity contribution in [1.82, 2.24) is 19.6 Å². The van der Waals surface area contributed by atoms with E-state index in [1.165, 1.54) is 0 Å². The van der Waals surface area contributed by atoms with Gasteiger partial charge in [-0.2, -0.15) is 0 Å². The Morgan fingerprint density at radius 3 is 2.83 bits per heavy atom. The molecule has 2 heterocycles. The van der Waals surface area contributed by atoms with Crippen molar-refractivity contribution in [3.05, 3.63) is 54.2 Å². The van der Waals surface area contributed by atoms with E-state index in [-0.39, 0.29) is 0 Å². The molecule has 0 saturated heterocycles. The summed E-state index contributed by atoms with van der Waals surface area (Å²) in [7, 11) is 0. The molecule has 5 nitrogen and oxygen atoms in total. The molecular formula is C13H12N4O. The lowest BCUT2D eigenvalue weighted by molar-refractivity contribution is 0.306. The van der Waals surface area contributed by atoms with E-state index in [2.05, 4.69) is 15.2 Å². The van der Waals surface area contributed by atoms with Crippen LogP contribution in [0.15, 0.2) is 42.9 Å². The summed E-state index contributed by atoms with van der Waals surface area (Å²) in [5, 5.41) is 8.08. The van der Waals surface area contributed by atoms with Crippen molar-refractivity contribution >= 4 is 5.65 Å². The molecule has 0 unspecified atom stereocenters. The van der Waals surface area contributed by atoms with Gasteiger partial charge in [0.15, 0.2) is 5.75 Å². The maximum Gasteiger partial charge on any atom is 0.206 e. The number of hydrogen-bond acceptors (Lipinski definition) is 4. The molecule has 0 aliphatic heterocycles. The van der Waals surface area contributed by atoms with E-state index in [1.807, 2.05) is 37.3 Å². The number of ether oxygens (including phenoxy) is 1. The summed E-state index contributed by atoms with van der Waals surface area (Å²) in [5.41, 5.74) is 1.80. The second-order valence-electron chi connectivity index (χ2n) is 3.97. The average Bonchev–Trinajstić information content (AvgIpc) is 2.80. The van der Waals surface area contributed by atoms with Gasteiger partial charge in [0.05, 0.1) is 6.20 Å². The molecule has 0 saturated carbocycles. The Balaban J connectivity index is 1.87. The summed E-state index contributed by atoms with van der Waals surface area (Å²) in [4.78, 5) is 4.12. The quantitative estimate of drug-likeness (QED) is 0.702. The minimum atomic E-state index is 0.494. The molecular weight excluding hydrogens is 228 g/mol. The zero-order chi connectivity index (χ0) is 12.4. The first-order valence-corrected chi connectivity index (χ1v) is 5.66. The van der Waals surface area contributed by atoms with Crippen LogP contribution in [0.4, 0.5) is 0 Å². The van der Waals surface area contributed by atoms with Crippen LogP contribution in [0.25, 0.3) is 5.65 Å². The number of benzene rings is 1. The highest BCUT2D eigenvalue weighted by atomic mass is 16.5. The molecule has 0 aliphatic rings. The summed E-state index contributed by atoms with van der Waals surface area (Å²) in [6.45, 7) is 2.37. The van der Waals surface area contributed by atoms with E-state index >= 15 is 0 Å². The largest absolute Gasteiger partial charge is 0.483 e. The molecule has 0 amide bonds. The van der Waals surface area contributed by atoms with Crippen LogP contribution in [0.5, 0.6) is 5.75 Å². The molecule has 0 bridgehead atoms. The molecule has 0 N–H and O–H groups in total. The lowest BCUT2D eigenvalue weighted by atomic mass is 10.2. The Bertz CT molecular complexity index is 663. The molecule has 18 heavy (non-hydrogen) atoms. The maximum atomic E-state index is 5.73. The first-order valence-electron chi connectivity index (χ1n) is 5.66. The molecule has 1 aromatic carbocycles. The number of aryl methyl sites for hydroxylation is 1. The second-order valence-corrected chi connectivity index (χ2v) is 3.97. The van der Waals surface area contributed by atoms with E-state index in [0.29, 0.717) is 18.0 Å². The van der Waals surface area contributed by atoms with E-state index in [0.717, 1.165) is 11.4 Å². The van der Waals surface area contributed by atoms with Crippen LogP contribution in [0, 0.1) is 6.92 Å². The summed E-state index contributed by atoms with van der Waals surface area (Å²) in [6, 6.07) is 9.98. The van der Waals surface area contributed by atoms with Crippen molar-refractivity contribution in [3.63, 3.8) is 0 Å². The summed E-state index contributed by atoms with van der Waals surface area (Å²) in [5.74, 6) is 1.43. The molecule has 3 aromatic rings. The second kappa shape index (κ2) is 4.44. The normalized spacial score (nSPS) is 10.7. The molecule has 0 atom stereocenters. The SMILES string of the molecule is Cc1nnc2c(OCc3ccccc3)cncn12. The predicted octanol–water partition coefficient (Wildman–Crippen LogP) is 2.01. The Morgan fingerprint density at radius 1 is 1.17 bits per heavy atom. The van der Waals surface area contributed by atoms with Crippen LogP contribution in [-0.2, 0) is 6.61 Å². The number of aromatic nitrogens is 4. The number of fused-ring (bicyclic) bond motifs is 1. The molecule has 5 heteroatoms. The maximum absolute atomic E-state index is 5.73. The van der Waals surface area contributed by atoms with Crippen LogP contribution in [0.1, 0.15) is 11.4 Å². The van der Waals surface area contributed by atoms with Crippen LogP contribution >= 0.6 is 0 Å². The van der Waals surface area contributed by atoms with E-state index in [1.54, 1.807) is 16.9 Å². The molecule has 3 rings (SSSR count). The van der Waals surface area contributed by atoms with Crippen molar-refractivity contribution in [3.8, 4) is 5.75 Å². The average molecular weight is 240 g/mol. The molecule has 0 spiro atoms. The summed E-state index contributed by atoms with van der Waals surface area (Å²) in [6.07, 6.45) is 3.34. The van der Waals surface area contributed by atoms with Gasteiger partial charge >= 0.3 is 0 Å². The van der Waals surface area contributed by atoms with Crippen LogP contribution in [0.3, 0.4) is 0 Å². The lowest BCUT2D eigenvalue weighted by Crippen LogP contribution is -1.99. The third-order valence-corrected chi connectivity index (χ3v) is 2.70. The van der Waals surface area contributed by atoms with E-state index in [9.17, 15) is 0 Å². The van der Waals surface area contributed by atoms with Crippen molar-refractivity contribution in [1.29, 1.82) is 0 Å². The first kappa shape index (κ1) is 10.7. The van der Waals surface area contributed by atoms with Gasteiger partial charge in [0.2, 0.25) is 5.65 Å². The fraction of sp³-hybridized carbons (Fsp3) is 0.154. The Hall–Kier alpha value is -2.43. The fourth-order valence-electron chi connectivity index (χ4n) is 1.74. The highest BCUT2D eigenvalue weighted by Crippen LogP contribution is 2.17. The van der Waals surface area contributed by atoms with E-state index in [4.69, 9.17) is 4.74 Å². The van der Waals surface area contributed by atoms with Crippen molar-refractivity contribution in [2.75, 3.05) is 0 Å². The van der Waals surface area contributed by atoms with Gasteiger partial charge in [-0.05, 0) is 12.5 Å². The van der Waals surface area contributed by atoms with E-state index < -0.39 is 0 Å². The van der Waals surface area contributed by atoms with Crippen molar-refractivity contribution in [2.24, 2.45) is 0 Å². The standard InChI is InChI=1S/C13H12N4O/c1-10-15-16-13-12(7-14-9-17(10)13)18-8-11-5-3-2-4-6-11/h2-7,9H,8H2,1H3. The molecule has 90 valence electrons. The van der Waals surface area contributed by atoms with Crippen molar-refractivity contribution < 1.29 is 4.74 Å². The number of nitrogens with zero attached hydrogens (tertiary/aromatic N) is 4. The van der Waals surface area contributed by atoms with Gasteiger partial charge in [0.1, 0.15) is 18.8 Å². The van der Waals surface area contributed by atoms with Gasteiger partial charge in [-0.1, -0.05) is 30.3 Å². The molecule has 2 aromatic heterocycles. The van der Waals surface area contributed by atoms with Crippen LogP contribution < -0.4 is 4.74 Å². The molecule has 0 fully saturated rings. The Morgan fingerprint density at radius 2 is 2.00 bits per heavy atom. The molecule has 0 radical (unpaired) electrons. The highest BCUT2D eigenvalue weighted by Gasteiger charge is 2.07. The Kier molecular flexibility index (Phi) is 2.64. The minimum absolute atomic E-state index is 0.494. The minimum Gasteiger partial charge on any atom is -0.483 e. The zero-order valence-electron chi connectivity index (χ0n) is 9.95. The summed E-state index contributed by atoms with van der Waals surface area (Å²) >= 11 is 0. The topological polar surface area (TPSA) is 52.3 Å². The lowest BCUT2D eigenvalue weighted by Gasteiger charge is -2.06. The monoisotopic (exact) mass is 240 g/mol. The van der Waals surface area contributed by atoms with Gasteiger partial charge in [-0.3, -0.25) is 4.40 Å². The van der Waals surface area contributed by atoms with Crippen LogP contribution in [0.2, 0.25) is 0 Å². The zero-order valence-corrected chi connectivity index (χ0v) is 9.95. The number of hydrogen-bond donors (Lipinski definition) is 0. The third-order valence-electron chi connectivity index (χ3n) is 2.70. The smallest absolute Gasteiger partial charge is 0.206 e. The predicted molar refractivity (Wildman–Crippen MR) is 66.3 cm³/mol. The van der Waals surface area contributed by atoms with Crippen LogP contribution in [-0.4, -0.2) is 19.6 Å². The van der Waals surface area contributed by atoms with Gasteiger partial charge < -0.3 is 4.74 Å². The Labute approximate surface area is 104 Å². The molecule has 0 aliphatic carbocycles. The van der Waals surface area contributed by atoms with Crippen molar-refractivity contribution in [2.45, 2.75) is 13.5 Å². The number of rotatable bonds is 3. The fourth-order valence-corrected chi connectivity index (χ4v) is 1.74. The van der Waals surface area contributed by atoms with Gasteiger partial charge in [0, 0.05) is 0 Å². The highest BCUT2D eigenvalue weighted by molar-refractivity contribution is 5.51. The summed E-state index contributed by atoms with van der Waals surface area (Å²) < 4.78 is 7.54. The van der Waals surface area contributed by atoms with Gasteiger partial charge in [-0.25, -0.2) is 4.98 Å². The first-order chi connectivity index (χ1) is 8.84.